The third-order valence-electron chi connectivity index (χ3n) is 5.06. The standard InChI is InChI=1S/C20H26FN3O2S/c21-18-8-2-4-10-20(18)24-19-9-3-1-7-16(19)15-23(27(24,25)26)14-6-5-13-22-17-11-12-17/h1-4,7-10,17,22,25-26H,5-6,11-15H2. The van der Waals surface area contributed by atoms with Crippen molar-refractivity contribution in [2.24, 2.45) is 0 Å². The van der Waals surface area contributed by atoms with Gasteiger partial charge in [0, 0.05) is 19.1 Å². The Morgan fingerprint density at radius 3 is 2.44 bits per heavy atom. The number of benzene rings is 2. The van der Waals surface area contributed by atoms with Gasteiger partial charge in [-0.15, -0.1) is 0 Å². The average molecular weight is 392 g/mol. The van der Waals surface area contributed by atoms with Gasteiger partial charge < -0.3 is 5.32 Å². The summed E-state index contributed by atoms with van der Waals surface area (Å²) in [6, 6.07) is 14.5. The highest BCUT2D eigenvalue weighted by Crippen LogP contribution is 2.58. The molecule has 1 aliphatic carbocycles. The van der Waals surface area contributed by atoms with Crippen LogP contribution in [0, 0.1) is 5.82 Å². The second-order valence-electron chi connectivity index (χ2n) is 7.16. The predicted molar refractivity (Wildman–Crippen MR) is 108 cm³/mol. The van der Waals surface area contributed by atoms with Crippen LogP contribution in [0.4, 0.5) is 15.8 Å². The Kier molecular flexibility index (Phi) is 5.39. The van der Waals surface area contributed by atoms with Gasteiger partial charge in [0.2, 0.25) is 0 Å². The topological polar surface area (TPSA) is 59.0 Å². The molecule has 0 saturated heterocycles. The number of nitrogens with zero attached hydrogens (tertiary/aromatic N) is 2. The lowest BCUT2D eigenvalue weighted by Crippen LogP contribution is -2.42. The average Bonchev–Trinajstić information content (AvgIpc) is 3.47. The lowest BCUT2D eigenvalue weighted by molar-refractivity contribution is 0.329. The molecule has 5 nitrogen and oxygen atoms in total. The van der Waals surface area contributed by atoms with E-state index in [-0.39, 0.29) is 5.69 Å². The van der Waals surface area contributed by atoms with Gasteiger partial charge in [0.1, 0.15) is 5.82 Å². The first kappa shape index (κ1) is 18.7. The van der Waals surface area contributed by atoms with E-state index in [1.165, 1.54) is 23.2 Å². The van der Waals surface area contributed by atoms with Gasteiger partial charge in [0.05, 0.1) is 11.4 Å². The second kappa shape index (κ2) is 7.77. The fourth-order valence-corrected chi connectivity index (χ4v) is 5.22. The molecule has 7 heteroatoms. The number of fused-ring (bicyclic) bond motifs is 1. The molecule has 1 saturated carbocycles. The molecule has 4 rings (SSSR count). The van der Waals surface area contributed by atoms with Gasteiger partial charge in [-0.2, -0.15) is 4.31 Å². The summed E-state index contributed by atoms with van der Waals surface area (Å²) in [5.41, 5.74) is 1.79. The number of rotatable bonds is 7. The van der Waals surface area contributed by atoms with Crippen LogP contribution in [0.25, 0.3) is 0 Å². The summed E-state index contributed by atoms with van der Waals surface area (Å²) in [5.74, 6) is -0.470. The lowest BCUT2D eigenvalue weighted by atomic mass is 10.1. The molecule has 2 aromatic rings. The molecule has 0 amide bonds. The van der Waals surface area contributed by atoms with Gasteiger partial charge in [-0.25, -0.2) is 8.70 Å². The molecule has 0 radical (unpaired) electrons. The van der Waals surface area contributed by atoms with E-state index in [0.29, 0.717) is 24.8 Å². The number of hydrogen-bond donors (Lipinski definition) is 3. The van der Waals surface area contributed by atoms with E-state index in [4.69, 9.17) is 0 Å². The van der Waals surface area contributed by atoms with Crippen molar-refractivity contribution in [1.82, 2.24) is 9.62 Å². The molecule has 3 N–H and O–H groups in total. The molecular weight excluding hydrogens is 365 g/mol. The molecule has 0 spiro atoms. The zero-order valence-electron chi connectivity index (χ0n) is 15.2. The quantitative estimate of drug-likeness (QED) is 0.587. The molecule has 0 atom stereocenters. The molecule has 0 unspecified atom stereocenters. The number of unbranched alkanes of at least 4 members (excludes halogenated alkanes) is 1. The summed E-state index contributed by atoms with van der Waals surface area (Å²) in [4.78, 5) is 0. The van der Waals surface area contributed by atoms with Crippen molar-refractivity contribution in [2.45, 2.75) is 38.3 Å². The summed E-state index contributed by atoms with van der Waals surface area (Å²) in [6.45, 7) is 1.94. The van der Waals surface area contributed by atoms with Crippen molar-refractivity contribution in [1.29, 1.82) is 0 Å². The van der Waals surface area contributed by atoms with Crippen LogP contribution in [0.15, 0.2) is 48.5 Å². The second-order valence-corrected chi connectivity index (χ2v) is 9.02. The molecule has 2 aromatic carbocycles. The van der Waals surface area contributed by atoms with Crippen LogP contribution in [-0.4, -0.2) is 32.5 Å². The number of halogens is 1. The third-order valence-corrected chi connectivity index (χ3v) is 6.95. The Balaban J connectivity index is 1.56. The van der Waals surface area contributed by atoms with Gasteiger partial charge in [0.25, 0.3) is 0 Å². The summed E-state index contributed by atoms with van der Waals surface area (Å²) in [6.07, 6.45) is 4.36. The smallest absolute Gasteiger partial charge is 0.148 e. The van der Waals surface area contributed by atoms with E-state index in [1.54, 1.807) is 22.5 Å². The van der Waals surface area contributed by atoms with Crippen LogP contribution in [-0.2, 0) is 6.54 Å². The first-order valence-electron chi connectivity index (χ1n) is 9.47. The summed E-state index contributed by atoms with van der Waals surface area (Å²) in [7, 11) is -3.34. The van der Waals surface area contributed by atoms with Crippen LogP contribution >= 0.6 is 11.0 Å². The molecule has 1 aliphatic heterocycles. The fourth-order valence-electron chi connectivity index (χ4n) is 3.45. The van der Waals surface area contributed by atoms with Crippen molar-refractivity contribution >= 4 is 22.3 Å². The Labute approximate surface area is 161 Å². The number of hydrogen-bond acceptors (Lipinski definition) is 5. The van der Waals surface area contributed by atoms with E-state index in [9.17, 15) is 13.5 Å². The highest BCUT2D eigenvalue weighted by molar-refractivity contribution is 8.23. The Morgan fingerprint density at radius 1 is 1.00 bits per heavy atom. The SMILES string of the molecule is OS1(O)N(CCCCNC2CC2)Cc2ccccc2N1c1ccccc1F. The number of para-hydroxylation sites is 2. The largest absolute Gasteiger partial charge is 0.314 e. The fraction of sp³-hybridized carbons (Fsp3) is 0.400. The maximum atomic E-state index is 14.5. The molecule has 27 heavy (non-hydrogen) atoms. The van der Waals surface area contributed by atoms with E-state index < -0.39 is 16.8 Å². The lowest BCUT2D eigenvalue weighted by Gasteiger charge is -2.53. The molecule has 0 aromatic heterocycles. The molecule has 1 heterocycles. The van der Waals surface area contributed by atoms with Crippen LogP contribution in [0.1, 0.15) is 31.2 Å². The highest BCUT2D eigenvalue weighted by atomic mass is 32.3. The molecule has 146 valence electrons. The molecule has 1 fully saturated rings. The van der Waals surface area contributed by atoms with Gasteiger partial charge >= 0.3 is 0 Å². The molecular formula is C20H26FN3O2S. The van der Waals surface area contributed by atoms with Gasteiger partial charge in [-0.05, 0) is 67.0 Å². The first-order chi connectivity index (χ1) is 13.1. The van der Waals surface area contributed by atoms with Crippen LogP contribution in [0.3, 0.4) is 0 Å². The normalized spacial score (nSPS) is 20.3. The summed E-state index contributed by atoms with van der Waals surface area (Å²) in [5, 5.41) is 3.48. The number of anilines is 2. The van der Waals surface area contributed by atoms with Crippen molar-refractivity contribution in [3.63, 3.8) is 0 Å². The first-order valence-corrected chi connectivity index (χ1v) is 10.9. The summed E-state index contributed by atoms with van der Waals surface area (Å²) >= 11 is 0. The van der Waals surface area contributed by atoms with Gasteiger partial charge in [-0.1, -0.05) is 30.3 Å². The van der Waals surface area contributed by atoms with Crippen LogP contribution < -0.4 is 9.62 Å². The van der Waals surface area contributed by atoms with Crippen LogP contribution in [0.5, 0.6) is 0 Å². The minimum absolute atomic E-state index is 0.185. The van der Waals surface area contributed by atoms with Crippen molar-refractivity contribution in [3.8, 4) is 0 Å². The van der Waals surface area contributed by atoms with Crippen LogP contribution in [0.2, 0.25) is 0 Å². The minimum atomic E-state index is -3.34. The Hall–Kier alpha value is -1.64. The zero-order valence-corrected chi connectivity index (χ0v) is 16.0. The molecule has 2 aliphatic rings. The molecule has 0 bridgehead atoms. The minimum Gasteiger partial charge on any atom is -0.314 e. The maximum absolute atomic E-state index is 14.5. The van der Waals surface area contributed by atoms with E-state index in [0.717, 1.165) is 24.9 Å². The van der Waals surface area contributed by atoms with E-state index >= 15 is 0 Å². The van der Waals surface area contributed by atoms with Crippen molar-refractivity contribution in [2.75, 3.05) is 17.4 Å². The number of nitrogens with one attached hydrogen (secondary N) is 1. The third kappa shape index (κ3) is 3.97. The Bertz CT molecular complexity index is 800. The van der Waals surface area contributed by atoms with E-state index in [2.05, 4.69) is 5.32 Å². The summed E-state index contributed by atoms with van der Waals surface area (Å²) < 4.78 is 39.7. The monoisotopic (exact) mass is 391 g/mol. The zero-order chi connectivity index (χ0) is 18.9. The Morgan fingerprint density at radius 2 is 1.70 bits per heavy atom. The predicted octanol–water partition coefficient (Wildman–Crippen LogP) is 4.89. The van der Waals surface area contributed by atoms with Gasteiger partial charge in [0.15, 0.2) is 0 Å². The maximum Gasteiger partial charge on any atom is 0.148 e. The van der Waals surface area contributed by atoms with E-state index in [1.807, 2.05) is 24.3 Å². The van der Waals surface area contributed by atoms with Crippen molar-refractivity contribution < 1.29 is 13.5 Å². The van der Waals surface area contributed by atoms with Gasteiger partial charge in [-0.3, -0.25) is 9.11 Å². The van der Waals surface area contributed by atoms with Crippen molar-refractivity contribution in [3.05, 3.63) is 59.9 Å². The highest BCUT2D eigenvalue weighted by Gasteiger charge is 2.38.